The lowest BCUT2D eigenvalue weighted by atomic mass is 10.2. The Morgan fingerprint density at radius 1 is 1.19 bits per heavy atom. The minimum Gasteiger partial charge on any atom is -0.459 e. The van der Waals surface area contributed by atoms with Crippen LogP contribution in [0.25, 0.3) is 11.4 Å². The molecule has 2 aromatic heterocycles. The Balaban J connectivity index is 1.44. The van der Waals surface area contributed by atoms with Crippen LogP contribution in [-0.4, -0.2) is 29.1 Å². The van der Waals surface area contributed by atoms with Crippen molar-refractivity contribution in [1.82, 2.24) is 15.5 Å². The molecular formula is C19H20N4O3. The molecule has 1 amide bonds. The molecule has 0 spiro atoms. The number of nitrogens with zero attached hydrogens (tertiary/aromatic N) is 3. The summed E-state index contributed by atoms with van der Waals surface area (Å²) in [5, 5.41) is 6.80. The van der Waals surface area contributed by atoms with Gasteiger partial charge in [0.2, 0.25) is 11.7 Å². The molecular weight excluding hydrogens is 332 g/mol. The van der Waals surface area contributed by atoms with E-state index in [1.165, 1.54) is 24.8 Å². The van der Waals surface area contributed by atoms with E-state index in [1.54, 1.807) is 19.1 Å². The molecule has 1 saturated heterocycles. The predicted molar refractivity (Wildman–Crippen MR) is 95.8 cm³/mol. The lowest BCUT2D eigenvalue weighted by Gasteiger charge is -2.17. The topological polar surface area (TPSA) is 84.4 Å². The first-order chi connectivity index (χ1) is 12.7. The van der Waals surface area contributed by atoms with Crippen molar-refractivity contribution >= 4 is 11.6 Å². The molecule has 1 atom stereocenters. The smallest absolute Gasteiger partial charge is 0.287 e. The number of hydrogen-bond acceptors (Lipinski definition) is 6. The third-order valence-corrected chi connectivity index (χ3v) is 4.50. The van der Waals surface area contributed by atoms with Crippen molar-refractivity contribution in [2.24, 2.45) is 0 Å². The quantitative estimate of drug-likeness (QED) is 0.757. The van der Waals surface area contributed by atoms with Gasteiger partial charge in [-0.05, 0) is 56.2 Å². The molecule has 0 radical (unpaired) electrons. The van der Waals surface area contributed by atoms with Gasteiger partial charge in [-0.15, -0.1) is 0 Å². The number of hydrogen-bond donors (Lipinski definition) is 1. The van der Waals surface area contributed by atoms with E-state index < -0.39 is 6.04 Å². The molecule has 1 unspecified atom stereocenters. The maximum absolute atomic E-state index is 12.0. The Morgan fingerprint density at radius 2 is 1.96 bits per heavy atom. The minimum absolute atomic E-state index is 0.245. The van der Waals surface area contributed by atoms with Crippen LogP contribution in [0.1, 0.15) is 42.3 Å². The largest absolute Gasteiger partial charge is 0.459 e. The summed E-state index contributed by atoms with van der Waals surface area (Å²) in [5.74, 6) is 0.780. The summed E-state index contributed by atoms with van der Waals surface area (Å²) in [5.41, 5.74) is 2.10. The maximum Gasteiger partial charge on any atom is 0.287 e. The van der Waals surface area contributed by atoms with Crippen molar-refractivity contribution < 1.29 is 13.7 Å². The van der Waals surface area contributed by atoms with E-state index in [-0.39, 0.29) is 11.7 Å². The van der Waals surface area contributed by atoms with Crippen LogP contribution in [0.4, 0.5) is 5.69 Å². The SMILES string of the molecule is CC(NC(=O)c1ccco1)c1nc(-c2ccc(N3CCCC3)cc2)no1. The summed E-state index contributed by atoms with van der Waals surface area (Å²) >= 11 is 0. The molecule has 3 heterocycles. The van der Waals surface area contributed by atoms with Crippen molar-refractivity contribution in [3.63, 3.8) is 0 Å². The van der Waals surface area contributed by atoms with Crippen LogP contribution in [-0.2, 0) is 0 Å². The van der Waals surface area contributed by atoms with E-state index in [0.717, 1.165) is 18.7 Å². The molecule has 1 aliphatic rings. The number of benzene rings is 1. The van der Waals surface area contributed by atoms with Gasteiger partial charge < -0.3 is 19.2 Å². The average Bonchev–Trinajstić information content (AvgIpc) is 3.44. The van der Waals surface area contributed by atoms with Gasteiger partial charge in [-0.25, -0.2) is 0 Å². The van der Waals surface area contributed by atoms with Crippen molar-refractivity contribution in [3.8, 4) is 11.4 Å². The summed E-state index contributed by atoms with van der Waals surface area (Å²) < 4.78 is 10.4. The van der Waals surface area contributed by atoms with Crippen molar-refractivity contribution in [2.45, 2.75) is 25.8 Å². The summed E-state index contributed by atoms with van der Waals surface area (Å²) in [6.45, 7) is 4.01. The van der Waals surface area contributed by atoms with Gasteiger partial charge in [-0.2, -0.15) is 4.98 Å². The van der Waals surface area contributed by atoms with Gasteiger partial charge >= 0.3 is 0 Å². The third kappa shape index (κ3) is 3.33. The van der Waals surface area contributed by atoms with Gasteiger partial charge in [-0.1, -0.05) is 5.16 Å². The summed E-state index contributed by atoms with van der Waals surface area (Å²) in [4.78, 5) is 18.8. The van der Waals surface area contributed by atoms with E-state index in [1.807, 2.05) is 12.1 Å². The zero-order valence-corrected chi connectivity index (χ0v) is 14.5. The lowest BCUT2D eigenvalue weighted by molar-refractivity contribution is 0.0904. The molecule has 26 heavy (non-hydrogen) atoms. The highest BCUT2D eigenvalue weighted by Gasteiger charge is 2.19. The van der Waals surface area contributed by atoms with Crippen LogP contribution in [0.3, 0.4) is 0 Å². The summed E-state index contributed by atoms with van der Waals surface area (Å²) in [7, 11) is 0. The first-order valence-corrected chi connectivity index (χ1v) is 8.74. The highest BCUT2D eigenvalue weighted by Crippen LogP contribution is 2.24. The Bertz CT molecular complexity index is 865. The number of carbonyl (C=O) groups excluding carboxylic acids is 1. The van der Waals surface area contributed by atoms with E-state index in [0.29, 0.717) is 11.7 Å². The van der Waals surface area contributed by atoms with Crippen LogP contribution in [0.5, 0.6) is 0 Å². The van der Waals surface area contributed by atoms with Gasteiger partial charge in [0.15, 0.2) is 5.76 Å². The number of aromatic nitrogens is 2. The number of anilines is 1. The minimum atomic E-state index is -0.419. The van der Waals surface area contributed by atoms with Crippen LogP contribution < -0.4 is 10.2 Å². The molecule has 4 rings (SSSR count). The lowest BCUT2D eigenvalue weighted by Crippen LogP contribution is -2.26. The number of rotatable bonds is 5. The van der Waals surface area contributed by atoms with Gasteiger partial charge in [0.05, 0.1) is 6.26 Å². The maximum atomic E-state index is 12.0. The molecule has 0 saturated carbocycles. The Kier molecular flexibility index (Phi) is 4.43. The van der Waals surface area contributed by atoms with Crippen LogP contribution in [0.15, 0.2) is 51.6 Å². The van der Waals surface area contributed by atoms with Gasteiger partial charge in [0.1, 0.15) is 6.04 Å². The van der Waals surface area contributed by atoms with E-state index in [4.69, 9.17) is 8.94 Å². The van der Waals surface area contributed by atoms with Gasteiger partial charge in [0.25, 0.3) is 5.91 Å². The second-order valence-corrected chi connectivity index (χ2v) is 6.37. The van der Waals surface area contributed by atoms with E-state index in [2.05, 4.69) is 32.5 Å². The van der Waals surface area contributed by atoms with E-state index in [9.17, 15) is 4.79 Å². The molecule has 1 N–H and O–H groups in total. The number of amides is 1. The predicted octanol–water partition coefficient (Wildman–Crippen LogP) is 3.42. The molecule has 1 fully saturated rings. The highest BCUT2D eigenvalue weighted by molar-refractivity contribution is 5.91. The fraction of sp³-hybridized carbons (Fsp3) is 0.316. The second-order valence-electron chi connectivity index (χ2n) is 6.37. The molecule has 7 nitrogen and oxygen atoms in total. The van der Waals surface area contributed by atoms with Crippen molar-refractivity contribution in [2.75, 3.05) is 18.0 Å². The van der Waals surface area contributed by atoms with E-state index >= 15 is 0 Å². The number of furan rings is 1. The molecule has 0 bridgehead atoms. The standard InChI is InChI=1S/C19H20N4O3/c1-13(20-18(24)16-5-4-12-25-16)19-21-17(22-26-19)14-6-8-15(9-7-14)23-10-2-3-11-23/h4-9,12-13H,2-3,10-11H2,1H3,(H,20,24). The summed E-state index contributed by atoms with van der Waals surface area (Å²) in [6, 6.07) is 11.0. The Hall–Kier alpha value is -3.09. The molecule has 3 aromatic rings. The number of carbonyl (C=O) groups is 1. The normalized spacial score (nSPS) is 15.2. The van der Waals surface area contributed by atoms with Gasteiger partial charge in [-0.3, -0.25) is 4.79 Å². The van der Waals surface area contributed by atoms with Gasteiger partial charge in [0, 0.05) is 24.3 Å². The zero-order valence-electron chi connectivity index (χ0n) is 14.5. The fourth-order valence-corrected chi connectivity index (χ4v) is 3.06. The molecule has 0 aliphatic carbocycles. The molecule has 7 heteroatoms. The first-order valence-electron chi connectivity index (χ1n) is 8.74. The van der Waals surface area contributed by atoms with Crippen LogP contribution in [0.2, 0.25) is 0 Å². The summed E-state index contributed by atoms with van der Waals surface area (Å²) in [6.07, 6.45) is 3.95. The first kappa shape index (κ1) is 16.4. The third-order valence-electron chi connectivity index (χ3n) is 4.50. The second kappa shape index (κ2) is 7.03. The number of nitrogens with one attached hydrogen (secondary N) is 1. The van der Waals surface area contributed by atoms with Crippen LogP contribution >= 0.6 is 0 Å². The Morgan fingerprint density at radius 3 is 2.65 bits per heavy atom. The fourth-order valence-electron chi connectivity index (χ4n) is 3.06. The molecule has 1 aromatic carbocycles. The highest BCUT2D eigenvalue weighted by atomic mass is 16.5. The monoisotopic (exact) mass is 352 g/mol. The Labute approximate surface area is 151 Å². The van der Waals surface area contributed by atoms with Crippen LogP contribution in [0, 0.1) is 0 Å². The van der Waals surface area contributed by atoms with Crippen molar-refractivity contribution in [3.05, 3.63) is 54.3 Å². The molecule has 134 valence electrons. The zero-order chi connectivity index (χ0) is 17.9. The average molecular weight is 352 g/mol. The molecule has 1 aliphatic heterocycles. The van der Waals surface area contributed by atoms with Crippen molar-refractivity contribution in [1.29, 1.82) is 0 Å².